The molecule has 7 nitrogen and oxygen atoms in total. The third kappa shape index (κ3) is 6.82. The Hall–Kier alpha value is -2.57. The average molecular weight is 347 g/mol. The van der Waals surface area contributed by atoms with E-state index in [1.165, 1.54) is 0 Å². The highest BCUT2D eigenvalue weighted by Crippen LogP contribution is 2.15. The molecule has 1 saturated heterocycles. The lowest BCUT2D eigenvalue weighted by atomic mass is 9.99. The predicted molar refractivity (Wildman–Crippen MR) is 94.0 cm³/mol. The molecule has 3 amide bonds. The first-order chi connectivity index (χ1) is 12.0. The van der Waals surface area contributed by atoms with Gasteiger partial charge in [-0.2, -0.15) is 0 Å². The van der Waals surface area contributed by atoms with Gasteiger partial charge in [-0.3, -0.25) is 9.59 Å². The SMILES string of the molecule is CC1CCN(C(=O)COC(=O)CCNC(=O)Nc2ccccc2)CC1. The summed E-state index contributed by atoms with van der Waals surface area (Å²) in [6, 6.07) is 8.62. The zero-order chi connectivity index (χ0) is 18.1. The Balaban J connectivity index is 1.57. The van der Waals surface area contributed by atoms with Gasteiger partial charge in [0.25, 0.3) is 5.91 Å². The number of amides is 3. The summed E-state index contributed by atoms with van der Waals surface area (Å²) in [7, 11) is 0. The van der Waals surface area contributed by atoms with Crippen molar-refractivity contribution < 1.29 is 19.1 Å². The maximum Gasteiger partial charge on any atom is 0.319 e. The fourth-order valence-electron chi connectivity index (χ4n) is 2.54. The van der Waals surface area contributed by atoms with Gasteiger partial charge in [-0.1, -0.05) is 25.1 Å². The molecule has 0 atom stereocenters. The van der Waals surface area contributed by atoms with E-state index in [2.05, 4.69) is 17.6 Å². The standard InChI is InChI=1S/C18H25N3O4/c1-14-8-11-21(12-9-14)16(22)13-25-17(23)7-10-19-18(24)20-15-5-3-2-4-6-15/h2-6,14H,7-13H2,1H3,(H2,19,20,24). The molecule has 0 spiro atoms. The molecule has 1 aromatic carbocycles. The smallest absolute Gasteiger partial charge is 0.319 e. The van der Waals surface area contributed by atoms with Crippen molar-refractivity contribution in [1.29, 1.82) is 0 Å². The van der Waals surface area contributed by atoms with Crippen LogP contribution in [0.15, 0.2) is 30.3 Å². The van der Waals surface area contributed by atoms with Gasteiger partial charge in [-0.05, 0) is 30.9 Å². The first kappa shape index (κ1) is 18.8. The molecule has 0 saturated carbocycles. The summed E-state index contributed by atoms with van der Waals surface area (Å²) in [5.74, 6) is -0.0199. The number of anilines is 1. The van der Waals surface area contributed by atoms with E-state index < -0.39 is 12.0 Å². The summed E-state index contributed by atoms with van der Waals surface area (Å²) in [6.45, 7) is 3.52. The number of rotatable bonds is 6. The highest BCUT2D eigenvalue weighted by Gasteiger charge is 2.21. The number of nitrogens with one attached hydrogen (secondary N) is 2. The third-order valence-electron chi connectivity index (χ3n) is 4.14. The molecule has 136 valence electrons. The Labute approximate surface area is 147 Å². The van der Waals surface area contributed by atoms with Crippen molar-refractivity contribution in [2.75, 3.05) is 31.6 Å². The topological polar surface area (TPSA) is 87.7 Å². The number of urea groups is 1. The number of hydrogen-bond donors (Lipinski definition) is 2. The summed E-state index contributed by atoms with van der Waals surface area (Å²) >= 11 is 0. The Bertz CT molecular complexity index is 583. The van der Waals surface area contributed by atoms with Crippen LogP contribution in [0.2, 0.25) is 0 Å². The normalized spacial score (nSPS) is 14.7. The van der Waals surface area contributed by atoms with Crippen LogP contribution in [0.3, 0.4) is 0 Å². The van der Waals surface area contributed by atoms with Crippen LogP contribution in [-0.4, -0.2) is 49.0 Å². The number of carbonyl (C=O) groups is 3. The van der Waals surface area contributed by atoms with Crippen molar-refractivity contribution in [3.05, 3.63) is 30.3 Å². The maximum absolute atomic E-state index is 12.0. The highest BCUT2D eigenvalue weighted by molar-refractivity contribution is 5.89. The number of ether oxygens (including phenoxy) is 1. The molecule has 1 aromatic rings. The second-order valence-corrected chi connectivity index (χ2v) is 6.22. The molecule has 2 rings (SSSR count). The van der Waals surface area contributed by atoms with Crippen LogP contribution in [0.4, 0.5) is 10.5 Å². The van der Waals surface area contributed by atoms with Gasteiger partial charge in [-0.15, -0.1) is 0 Å². The van der Waals surface area contributed by atoms with Crippen LogP contribution in [0.1, 0.15) is 26.2 Å². The molecule has 7 heteroatoms. The molecule has 2 N–H and O–H groups in total. The van der Waals surface area contributed by atoms with Crippen molar-refractivity contribution in [3.8, 4) is 0 Å². The number of hydrogen-bond acceptors (Lipinski definition) is 4. The number of carbonyl (C=O) groups excluding carboxylic acids is 3. The molecular weight excluding hydrogens is 322 g/mol. The van der Waals surface area contributed by atoms with Crippen LogP contribution in [-0.2, 0) is 14.3 Å². The Morgan fingerprint density at radius 2 is 1.84 bits per heavy atom. The number of piperidine rings is 1. The summed E-state index contributed by atoms with van der Waals surface area (Å²) in [6.07, 6.45) is 1.99. The van der Waals surface area contributed by atoms with E-state index in [1.54, 1.807) is 17.0 Å². The lowest BCUT2D eigenvalue weighted by Crippen LogP contribution is -2.40. The van der Waals surface area contributed by atoms with Gasteiger partial charge in [-0.25, -0.2) is 4.79 Å². The Morgan fingerprint density at radius 3 is 2.52 bits per heavy atom. The van der Waals surface area contributed by atoms with Crippen molar-refractivity contribution in [2.45, 2.75) is 26.2 Å². The molecule has 0 unspecified atom stereocenters. The molecule has 0 aliphatic carbocycles. The average Bonchev–Trinajstić information content (AvgIpc) is 2.61. The first-order valence-corrected chi connectivity index (χ1v) is 8.58. The van der Waals surface area contributed by atoms with Gasteiger partial charge in [0.1, 0.15) is 0 Å². The van der Waals surface area contributed by atoms with Crippen LogP contribution >= 0.6 is 0 Å². The van der Waals surface area contributed by atoms with E-state index in [9.17, 15) is 14.4 Å². The van der Waals surface area contributed by atoms with E-state index >= 15 is 0 Å². The van der Waals surface area contributed by atoms with Crippen molar-refractivity contribution in [1.82, 2.24) is 10.2 Å². The fraction of sp³-hybridized carbons (Fsp3) is 0.500. The number of likely N-dealkylation sites (tertiary alicyclic amines) is 1. The van der Waals surface area contributed by atoms with Crippen LogP contribution in [0.25, 0.3) is 0 Å². The molecule has 1 heterocycles. The highest BCUT2D eigenvalue weighted by atomic mass is 16.5. The minimum atomic E-state index is -0.501. The zero-order valence-corrected chi connectivity index (χ0v) is 14.5. The molecule has 0 aromatic heterocycles. The second kappa shape index (κ2) is 9.66. The van der Waals surface area contributed by atoms with E-state index in [1.807, 2.05) is 18.2 Å². The molecule has 1 fully saturated rings. The van der Waals surface area contributed by atoms with E-state index in [4.69, 9.17) is 4.74 Å². The lowest BCUT2D eigenvalue weighted by Gasteiger charge is -2.30. The summed E-state index contributed by atoms with van der Waals surface area (Å²) < 4.78 is 4.98. The zero-order valence-electron chi connectivity index (χ0n) is 14.5. The van der Waals surface area contributed by atoms with Crippen molar-refractivity contribution >= 4 is 23.6 Å². The fourth-order valence-corrected chi connectivity index (χ4v) is 2.54. The van der Waals surface area contributed by atoms with E-state index in [0.29, 0.717) is 11.6 Å². The second-order valence-electron chi connectivity index (χ2n) is 6.22. The van der Waals surface area contributed by atoms with Crippen molar-refractivity contribution in [3.63, 3.8) is 0 Å². The molecular formula is C18H25N3O4. The number of nitrogens with zero attached hydrogens (tertiary/aromatic N) is 1. The van der Waals surface area contributed by atoms with Crippen LogP contribution in [0, 0.1) is 5.92 Å². The molecule has 1 aliphatic heterocycles. The van der Waals surface area contributed by atoms with E-state index in [-0.39, 0.29) is 25.5 Å². The molecule has 0 radical (unpaired) electrons. The van der Waals surface area contributed by atoms with Gasteiger partial charge in [0.15, 0.2) is 6.61 Å². The summed E-state index contributed by atoms with van der Waals surface area (Å²) in [4.78, 5) is 37.0. The summed E-state index contributed by atoms with van der Waals surface area (Å²) in [5.41, 5.74) is 0.670. The van der Waals surface area contributed by atoms with Gasteiger partial charge < -0.3 is 20.3 Å². The van der Waals surface area contributed by atoms with Gasteiger partial charge in [0.2, 0.25) is 0 Å². The van der Waals surface area contributed by atoms with E-state index in [0.717, 1.165) is 25.9 Å². The van der Waals surface area contributed by atoms with Gasteiger partial charge >= 0.3 is 12.0 Å². The number of benzene rings is 1. The molecule has 25 heavy (non-hydrogen) atoms. The van der Waals surface area contributed by atoms with Crippen LogP contribution < -0.4 is 10.6 Å². The first-order valence-electron chi connectivity index (χ1n) is 8.58. The Morgan fingerprint density at radius 1 is 1.16 bits per heavy atom. The minimum absolute atomic E-state index is 0.0204. The van der Waals surface area contributed by atoms with Gasteiger partial charge in [0, 0.05) is 25.3 Å². The molecule has 0 bridgehead atoms. The largest absolute Gasteiger partial charge is 0.456 e. The quantitative estimate of drug-likeness (QED) is 0.771. The van der Waals surface area contributed by atoms with Crippen molar-refractivity contribution in [2.24, 2.45) is 5.92 Å². The lowest BCUT2D eigenvalue weighted by molar-refractivity contribution is -0.152. The summed E-state index contributed by atoms with van der Waals surface area (Å²) in [5, 5.41) is 5.22. The maximum atomic E-state index is 12.0. The third-order valence-corrected chi connectivity index (χ3v) is 4.14. The minimum Gasteiger partial charge on any atom is -0.456 e. The number of esters is 1. The monoisotopic (exact) mass is 347 g/mol. The van der Waals surface area contributed by atoms with Crippen LogP contribution in [0.5, 0.6) is 0 Å². The Kier molecular flexibility index (Phi) is 7.25. The predicted octanol–water partition coefficient (Wildman–Crippen LogP) is 2.00. The van der Waals surface area contributed by atoms with Gasteiger partial charge in [0.05, 0.1) is 6.42 Å². The molecule has 1 aliphatic rings. The number of para-hydroxylation sites is 1.